The van der Waals surface area contributed by atoms with E-state index in [-0.39, 0.29) is 18.3 Å². The number of nitrogens with one attached hydrogen (secondary N) is 1. The summed E-state index contributed by atoms with van der Waals surface area (Å²) in [4.78, 5) is 26.1. The molecule has 0 saturated carbocycles. The zero-order valence-electron chi connectivity index (χ0n) is 15.6. The van der Waals surface area contributed by atoms with Gasteiger partial charge < -0.3 is 10.1 Å². The van der Waals surface area contributed by atoms with Crippen molar-refractivity contribution in [3.63, 3.8) is 0 Å². The highest BCUT2D eigenvalue weighted by Gasteiger charge is 2.14. The van der Waals surface area contributed by atoms with Crippen LogP contribution in [-0.4, -0.2) is 29.0 Å². The van der Waals surface area contributed by atoms with Gasteiger partial charge in [-0.15, -0.1) is 11.3 Å². The Morgan fingerprint density at radius 1 is 1.28 bits per heavy atom. The van der Waals surface area contributed by atoms with Crippen molar-refractivity contribution in [1.82, 2.24) is 10.3 Å². The van der Waals surface area contributed by atoms with E-state index in [0.717, 1.165) is 34.0 Å². The Kier molecular flexibility index (Phi) is 6.50. The molecule has 2 aromatic carbocycles. The number of hydrogen-bond acceptors (Lipinski definition) is 6. The molecular formula is C20H18FN3O4S. The van der Waals surface area contributed by atoms with Crippen LogP contribution in [0.5, 0.6) is 5.75 Å². The molecule has 0 bridgehead atoms. The number of nitrogens with zero attached hydrogens (tertiary/aromatic N) is 2. The Labute approximate surface area is 170 Å². The molecule has 9 heteroatoms. The first-order valence-electron chi connectivity index (χ1n) is 8.77. The number of carbonyl (C=O) groups is 1. The standard InChI is InChI=1S/C20H18FN3O4S/c1-13-23-18(12-29-13)15-4-2-14(3-5-15)8-9-22-20(25)11-28-16-6-7-19(24(26)27)17(21)10-16/h2-7,10,12H,8-9,11H2,1H3,(H,22,25). The van der Waals surface area contributed by atoms with Gasteiger partial charge >= 0.3 is 5.69 Å². The van der Waals surface area contributed by atoms with Crippen molar-refractivity contribution in [2.75, 3.05) is 13.2 Å². The van der Waals surface area contributed by atoms with Gasteiger partial charge in [-0.1, -0.05) is 24.3 Å². The molecule has 0 unspecified atom stereocenters. The van der Waals surface area contributed by atoms with E-state index in [9.17, 15) is 19.3 Å². The molecule has 29 heavy (non-hydrogen) atoms. The average Bonchev–Trinajstić information content (AvgIpc) is 3.13. The zero-order valence-corrected chi connectivity index (χ0v) is 16.4. The molecule has 7 nitrogen and oxygen atoms in total. The van der Waals surface area contributed by atoms with Crippen LogP contribution in [0, 0.1) is 22.9 Å². The predicted molar refractivity (Wildman–Crippen MR) is 108 cm³/mol. The fourth-order valence-electron chi connectivity index (χ4n) is 2.61. The third-order valence-corrected chi connectivity index (χ3v) is 4.86. The Balaban J connectivity index is 1.43. The third-order valence-electron chi connectivity index (χ3n) is 4.09. The highest BCUT2D eigenvalue weighted by Crippen LogP contribution is 2.23. The van der Waals surface area contributed by atoms with Crippen LogP contribution < -0.4 is 10.1 Å². The maximum absolute atomic E-state index is 13.5. The number of aromatic nitrogens is 1. The smallest absolute Gasteiger partial charge is 0.305 e. The number of rotatable bonds is 8. The molecule has 0 aliphatic carbocycles. The number of ether oxygens (including phenoxy) is 1. The average molecular weight is 415 g/mol. The SMILES string of the molecule is Cc1nc(-c2ccc(CCNC(=O)COc3ccc([N+](=O)[O-])c(F)c3)cc2)cs1. The highest BCUT2D eigenvalue weighted by atomic mass is 32.1. The number of nitro benzene ring substituents is 1. The molecule has 1 heterocycles. The number of nitro groups is 1. The van der Waals surface area contributed by atoms with Crippen molar-refractivity contribution in [2.24, 2.45) is 0 Å². The largest absolute Gasteiger partial charge is 0.484 e. The van der Waals surface area contributed by atoms with Crippen LogP contribution in [0.1, 0.15) is 10.6 Å². The summed E-state index contributed by atoms with van der Waals surface area (Å²) in [6.07, 6.45) is 0.647. The van der Waals surface area contributed by atoms with Crippen LogP contribution in [0.25, 0.3) is 11.3 Å². The van der Waals surface area contributed by atoms with Gasteiger partial charge in [0.15, 0.2) is 6.61 Å². The fraction of sp³-hybridized carbons (Fsp3) is 0.200. The number of halogens is 1. The van der Waals surface area contributed by atoms with Crippen molar-refractivity contribution < 1.29 is 18.8 Å². The van der Waals surface area contributed by atoms with Crippen molar-refractivity contribution in [2.45, 2.75) is 13.3 Å². The first-order valence-corrected chi connectivity index (χ1v) is 9.65. The number of hydrogen-bond donors (Lipinski definition) is 1. The minimum absolute atomic E-state index is 0.0520. The fourth-order valence-corrected chi connectivity index (χ4v) is 3.23. The lowest BCUT2D eigenvalue weighted by Crippen LogP contribution is -2.30. The van der Waals surface area contributed by atoms with Crippen molar-refractivity contribution >= 4 is 22.9 Å². The summed E-state index contributed by atoms with van der Waals surface area (Å²) in [6, 6.07) is 11.1. The van der Waals surface area contributed by atoms with Gasteiger partial charge in [0.25, 0.3) is 5.91 Å². The van der Waals surface area contributed by atoms with Gasteiger partial charge in [0, 0.05) is 29.6 Å². The highest BCUT2D eigenvalue weighted by molar-refractivity contribution is 7.09. The molecule has 0 radical (unpaired) electrons. The number of benzene rings is 2. The van der Waals surface area contributed by atoms with Gasteiger partial charge in [0.1, 0.15) is 5.75 Å². The lowest BCUT2D eigenvalue weighted by molar-refractivity contribution is -0.387. The molecular weight excluding hydrogens is 397 g/mol. The van der Waals surface area contributed by atoms with Crippen molar-refractivity contribution in [1.29, 1.82) is 0 Å². The summed E-state index contributed by atoms with van der Waals surface area (Å²) >= 11 is 1.61. The number of thiazole rings is 1. The lowest BCUT2D eigenvalue weighted by Gasteiger charge is -2.08. The molecule has 1 aromatic heterocycles. The third kappa shape index (κ3) is 5.58. The summed E-state index contributed by atoms with van der Waals surface area (Å²) in [5.74, 6) is -1.32. The van der Waals surface area contributed by atoms with E-state index in [1.165, 1.54) is 6.07 Å². The second-order valence-corrected chi connectivity index (χ2v) is 7.27. The minimum atomic E-state index is -1.01. The molecule has 0 aliphatic heterocycles. The number of amides is 1. The molecule has 1 amide bonds. The van der Waals surface area contributed by atoms with Crippen LogP contribution in [-0.2, 0) is 11.2 Å². The Bertz CT molecular complexity index is 1020. The molecule has 1 N–H and O–H groups in total. The molecule has 0 aliphatic rings. The monoisotopic (exact) mass is 415 g/mol. The maximum atomic E-state index is 13.5. The topological polar surface area (TPSA) is 94.4 Å². The summed E-state index contributed by atoms with van der Waals surface area (Å²) in [6.45, 7) is 2.08. The Morgan fingerprint density at radius 3 is 2.66 bits per heavy atom. The molecule has 0 saturated heterocycles. The first kappa shape index (κ1) is 20.4. The molecule has 0 atom stereocenters. The van der Waals surface area contributed by atoms with E-state index in [0.29, 0.717) is 13.0 Å². The van der Waals surface area contributed by atoms with Crippen LogP contribution in [0.15, 0.2) is 47.8 Å². The quantitative estimate of drug-likeness (QED) is 0.445. The summed E-state index contributed by atoms with van der Waals surface area (Å²) in [5, 5.41) is 16.3. The zero-order chi connectivity index (χ0) is 20.8. The number of carbonyl (C=O) groups excluding carboxylic acids is 1. The van der Waals surface area contributed by atoms with Crippen LogP contribution in [0.2, 0.25) is 0 Å². The summed E-state index contributed by atoms with van der Waals surface area (Å²) in [5.41, 5.74) is 2.43. The molecule has 0 spiro atoms. The van der Waals surface area contributed by atoms with Gasteiger partial charge in [0.05, 0.1) is 15.6 Å². The van der Waals surface area contributed by atoms with Gasteiger partial charge in [-0.3, -0.25) is 14.9 Å². The van der Waals surface area contributed by atoms with Crippen molar-refractivity contribution in [3.8, 4) is 17.0 Å². The molecule has 3 aromatic rings. The van der Waals surface area contributed by atoms with Gasteiger partial charge in [-0.25, -0.2) is 4.98 Å². The van der Waals surface area contributed by atoms with E-state index in [1.54, 1.807) is 11.3 Å². The van der Waals surface area contributed by atoms with Crippen molar-refractivity contribution in [3.05, 3.63) is 74.3 Å². The van der Waals surface area contributed by atoms with Gasteiger partial charge in [0.2, 0.25) is 5.82 Å². The van der Waals surface area contributed by atoms with E-state index >= 15 is 0 Å². The van der Waals surface area contributed by atoms with Crippen LogP contribution in [0.3, 0.4) is 0 Å². The van der Waals surface area contributed by atoms with E-state index < -0.39 is 16.4 Å². The summed E-state index contributed by atoms with van der Waals surface area (Å²) in [7, 11) is 0. The normalized spacial score (nSPS) is 10.6. The number of aryl methyl sites for hydroxylation is 1. The van der Waals surface area contributed by atoms with Gasteiger partial charge in [-0.05, 0) is 25.0 Å². The molecule has 3 rings (SSSR count). The van der Waals surface area contributed by atoms with Gasteiger partial charge in [-0.2, -0.15) is 4.39 Å². The first-order chi connectivity index (χ1) is 13.9. The molecule has 0 fully saturated rings. The summed E-state index contributed by atoms with van der Waals surface area (Å²) < 4.78 is 18.7. The van der Waals surface area contributed by atoms with E-state index in [4.69, 9.17) is 4.74 Å². The second kappa shape index (κ2) is 9.24. The van der Waals surface area contributed by atoms with E-state index in [1.807, 2.05) is 36.6 Å². The van der Waals surface area contributed by atoms with Crippen LogP contribution in [0.4, 0.5) is 10.1 Å². The minimum Gasteiger partial charge on any atom is -0.484 e. The Hall–Kier alpha value is -3.33. The van der Waals surface area contributed by atoms with Crippen LogP contribution >= 0.6 is 11.3 Å². The maximum Gasteiger partial charge on any atom is 0.305 e. The lowest BCUT2D eigenvalue weighted by atomic mass is 10.1. The second-order valence-electron chi connectivity index (χ2n) is 6.21. The van der Waals surface area contributed by atoms with E-state index in [2.05, 4.69) is 10.3 Å². The predicted octanol–water partition coefficient (Wildman–Crippen LogP) is 3.90. The molecule has 150 valence electrons. The Morgan fingerprint density at radius 2 is 2.03 bits per heavy atom.